The van der Waals surface area contributed by atoms with Crippen LogP contribution in [0.25, 0.3) is 78.1 Å². The van der Waals surface area contributed by atoms with Crippen LogP contribution < -0.4 is 0 Å². The first-order valence-corrected chi connectivity index (χ1v) is 18.1. The smallest absolute Gasteiger partial charge is 0.159 e. The van der Waals surface area contributed by atoms with E-state index >= 15 is 0 Å². The Morgan fingerprint density at radius 1 is 0.596 bits per heavy atom. The lowest BCUT2D eigenvalue weighted by Crippen LogP contribution is -2.19. The number of benzene rings is 6. The minimum absolute atomic E-state index is 0.0740. The van der Waals surface area contributed by atoms with Crippen LogP contribution in [0.2, 0.25) is 0 Å². The van der Waals surface area contributed by atoms with E-state index in [0.717, 1.165) is 40.2 Å². The molecule has 0 saturated carbocycles. The maximum absolute atomic E-state index is 4.96. The Kier molecular flexibility index (Phi) is 6.87. The Morgan fingerprint density at radius 3 is 2.08 bits per heavy atom. The molecule has 4 nitrogen and oxygen atoms in total. The van der Waals surface area contributed by atoms with Crippen LogP contribution in [0.3, 0.4) is 0 Å². The summed E-state index contributed by atoms with van der Waals surface area (Å²) in [4.78, 5) is 9.63. The Hall–Kier alpha value is -6.52. The zero-order valence-electron chi connectivity index (χ0n) is 29.2. The second kappa shape index (κ2) is 11.8. The van der Waals surface area contributed by atoms with Gasteiger partial charge in [0.25, 0.3) is 0 Å². The van der Waals surface area contributed by atoms with Crippen LogP contribution >= 0.6 is 0 Å². The molecule has 0 fully saturated rings. The van der Waals surface area contributed by atoms with Gasteiger partial charge in [-0.25, -0.2) is 9.97 Å². The topological polar surface area (TPSA) is 35.6 Å². The van der Waals surface area contributed by atoms with Crippen molar-refractivity contribution in [2.75, 3.05) is 0 Å². The third-order valence-corrected chi connectivity index (χ3v) is 11.2. The monoisotopic (exact) mass is 668 g/mol. The molecule has 4 heteroatoms. The molecule has 1 aliphatic carbocycles. The Balaban J connectivity index is 1.25. The fourth-order valence-corrected chi connectivity index (χ4v) is 8.46. The van der Waals surface area contributed by atoms with E-state index < -0.39 is 0 Å². The van der Waals surface area contributed by atoms with E-state index in [4.69, 9.17) is 4.98 Å². The average Bonchev–Trinajstić information content (AvgIpc) is 3.93. The van der Waals surface area contributed by atoms with Gasteiger partial charge in [0.15, 0.2) is 5.82 Å². The van der Waals surface area contributed by atoms with Gasteiger partial charge in [-0.05, 0) is 88.8 Å². The molecule has 3 heterocycles. The van der Waals surface area contributed by atoms with Crippen LogP contribution in [-0.4, -0.2) is 19.1 Å². The Morgan fingerprint density at radius 2 is 1.31 bits per heavy atom. The highest BCUT2D eigenvalue weighted by atomic mass is 15.0. The van der Waals surface area contributed by atoms with Crippen molar-refractivity contribution in [3.63, 3.8) is 0 Å². The number of fused-ring (bicyclic) bond motifs is 6. The standard InChI is InChI=1S/C48H36N4/c1-3-48(2)39-19-11-10-18-36(39)37-31-44-38(30-40(37)48)46-43(52(44)35-16-8-5-9-17-35)25-24-42(51-28-12-13-29-51)45(46)33-20-22-34(23-21-33)47-49-27-26-41(50-47)32-14-6-4-7-15-32/h4-31H,3H2,1-2H3. The lowest BCUT2D eigenvalue weighted by Gasteiger charge is -2.25. The van der Waals surface area contributed by atoms with Gasteiger partial charge in [0.2, 0.25) is 0 Å². The second-order valence-electron chi connectivity index (χ2n) is 14.0. The molecular formula is C48H36N4. The summed E-state index contributed by atoms with van der Waals surface area (Å²) in [7, 11) is 0. The normalized spacial score (nSPS) is 14.9. The van der Waals surface area contributed by atoms with Crippen molar-refractivity contribution in [1.29, 1.82) is 0 Å². The van der Waals surface area contributed by atoms with Gasteiger partial charge in [0, 0.05) is 57.2 Å². The molecule has 0 amide bonds. The largest absolute Gasteiger partial charge is 0.323 e. The van der Waals surface area contributed by atoms with E-state index in [1.54, 1.807) is 0 Å². The van der Waals surface area contributed by atoms with Gasteiger partial charge in [-0.1, -0.05) is 111 Å². The van der Waals surface area contributed by atoms with Crippen molar-refractivity contribution in [1.82, 2.24) is 19.1 Å². The minimum Gasteiger partial charge on any atom is -0.323 e. The summed E-state index contributed by atoms with van der Waals surface area (Å²) in [6, 6.07) is 54.6. The van der Waals surface area contributed by atoms with Gasteiger partial charge >= 0.3 is 0 Å². The van der Waals surface area contributed by atoms with Gasteiger partial charge < -0.3 is 9.13 Å². The fourth-order valence-electron chi connectivity index (χ4n) is 8.46. The molecule has 0 spiro atoms. The van der Waals surface area contributed by atoms with Gasteiger partial charge in [0.1, 0.15) is 0 Å². The predicted octanol–water partition coefficient (Wildman–Crippen LogP) is 12.1. The Bertz CT molecular complexity index is 2760. The minimum atomic E-state index is -0.0740. The molecule has 1 atom stereocenters. The van der Waals surface area contributed by atoms with Gasteiger partial charge in [-0.2, -0.15) is 0 Å². The molecule has 3 aromatic heterocycles. The molecule has 1 aliphatic rings. The SMILES string of the molecule is CCC1(C)c2ccccc2-c2cc3c(cc21)c1c(-c2ccc(-c4nccc(-c5ccccc5)n4)cc2)c(-n2cccc2)ccc1n3-c1ccccc1. The third kappa shape index (κ3) is 4.54. The van der Waals surface area contributed by atoms with Crippen molar-refractivity contribution < 1.29 is 0 Å². The molecule has 9 aromatic rings. The summed E-state index contributed by atoms with van der Waals surface area (Å²) in [5.74, 6) is 0.714. The Labute approximate surface area is 303 Å². The number of rotatable bonds is 6. The molecule has 0 aliphatic heterocycles. The quantitative estimate of drug-likeness (QED) is 0.177. The third-order valence-electron chi connectivity index (χ3n) is 11.2. The molecule has 0 saturated heterocycles. The van der Waals surface area contributed by atoms with Gasteiger partial charge in [0.05, 0.1) is 22.4 Å². The molecule has 0 N–H and O–H groups in total. The van der Waals surface area contributed by atoms with Crippen molar-refractivity contribution >= 4 is 21.8 Å². The maximum atomic E-state index is 4.96. The fraction of sp³-hybridized carbons (Fsp3) is 0.0833. The maximum Gasteiger partial charge on any atom is 0.159 e. The summed E-state index contributed by atoms with van der Waals surface area (Å²) < 4.78 is 4.69. The summed E-state index contributed by atoms with van der Waals surface area (Å²) in [5.41, 5.74) is 15.4. The van der Waals surface area contributed by atoms with Crippen LogP contribution in [-0.2, 0) is 5.41 Å². The molecular weight excluding hydrogens is 633 g/mol. The first kappa shape index (κ1) is 30.3. The summed E-state index contributed by atoms with van der Waals surface area (Å²) in [6.07, 6.45) is 7.15. The first-order valence-electron chi connectivity index (χ1n) is 18.1. The number of hydrogen-bond donors (Lipinski definition) is 0. The molecule has 52 heavy (non-hydrogen) atoms. The van der Waals surface area contributed by atoms with Crippen LogP contribution in [0.4, 0.5) is 0 Å². The highest BCUT2D eigenvalue weighted by molar-refractivity contribution is 6.18. The average molecular weight is 669 g/mol. The van der Waals surface area contributed by atoms with Crippen molar-refractivity contribution in [3.8, 4) is 56.3 Å². The van der Waals surface area contributed by atoms with Crippen LogP contribution in [0, 0.1) is 0 Å². The van der Waals surface area contributed by atoms with Crippen LogP contribution in [0.5, 0.6) is 0 Å². The second-order valence-corrected chi connectivity index (χ2v) is 14.0. The van der Waals surface area contributed by atoms with E-state index in [9.17, 15) is 0 Å². The van der Waals surface area contributed by atoms with E-state index in [1.165, 1.54) is 49.6 Å². The van der Waals surface area contributed by atoms with Gasteiger partial charge in [-0.3, -0.25) is 0 Å². The van der Waals surface area contributed by atoms with E-state index in [-0.39, 0.29) is 5.41 Å². The number of nitrogens with zero attached hydrogens (tertiary/aromatic N) is 4. The van der Waals surface area contributed by atoms with Crippen molar-refractivity contribution in [3.05, 3.63) is 181 Å². The van der Waals surface area contributed by atoms with E-state index in [0.29, 0.717) is 5.82 Å². The first-order chi connectivity index (χ1) is 25.6. The molecule has 248 valence electrons. The summed E-state index contributed by atoms with van der Waals surface area (Å²) in [6.45, 7) is 4.74. The molecule has 10 rings (SSSR count). The van der Waals surface area contributed by atoms with E-state index in [2.05, 4.69) is 168 Å². The molecule has 1 unspecified atom stereocenters. The molecule has 0 radical (unpaired) electrons. The number of aromatic nitrogens is 4. The molecule has 0 bridgehead atoms. The number of hydrogen-bond acceptors (Lipinski definition) is 2. The van der Waals surface area contributed by atoms with Crippen molar-refractivity contribution in [2.24, 2.45) is 0 Å². The highest BCUT2D eigenvalue weighted by Gasteiger charge is 2.38. The van der Waals surface area contributed by atoms with Crippen molar-refractivity contribution in [2.45, 2.75) is 25.7 Å². The lowest BCUT2D eigenvalue weighted by molar-refractivity contribution is 0.565. The summed E-state index contributed by atoms with van der Waals surface area (Å²) >= 11 is 0. The lowest BCUT2D eigenvalue weighted by atomic mass is 9.77. The predicted molar refractivity (Wildman–Crippen MR) is 214 cm³/mol. The number of para-hydroxylation sites is 1. The van der Waals surface area contributed by atoms with Crippen LogP contribution in [0.15, 0.2) is 170 Å². The summed E-state index contributed by atoms with van der Waals surface area (Å²) in [5, 5.41) is 2.51. The molecule has 6 aromatic carbocycles. The highest BCUT2D eigenvalue weighted by Crippen LogP contribution is 2.53. The van der Waals surface area contributed by atoms with Gasteiger partial charge in [-0.15, -0.1) is 0 Å². The van der Waals surface area contributed by atoms with Crippen LogP contribution in [0.1, 0.15) is 31.4 Å². The zero-order chi connectivity index (χ0) is 34.8. The zero-order valence-corrected chi connectivity index (χ0v) is 29.2. The van der Waals surface area contributed by atoms with E-state index in [1.807, 2.05) is 30.5 Å².